The van der Waals surface area contributed by atoms with E-state index >= 15 is 0 Å². The Bertz CT molecular complexity index is 573. The summed E-state index contributed by atoms with van der Waals surface area (Å²) in [5, 5.41) is 9.13. The van der Waals surface area contributed by atoms with Crippen LogP contribution < -0.4 is 4.74 Å². The quantitative estimate of drug-likeness (QED) is 0.916. The zero-order valence-electron chi connectivity index (χ0n) is 9.16. The predicted octanol–water partition coefficient (Wildman–Crippen LogP) is 3.90. The molecule has 94 valence electrons. The van der Waals surface area contributed by atoms with Gasteiger partial charge < -0.3 is 9.84 Å². The van der Waals surface area contributed by atoms with Gasteiger partial charge in [-0.2, -0.15) is 0 Å². The van der Waals surface area contributed by atoms with Gasteiger partial charge in [0.25, 0.3) is 0 Å². The van der Waals surface area contributed by atoms with E-state index in [1.807, 2.05) is 0 Å². The Morgan fingerprint density at radius 1 is 1.06 bits per heavy atom. The molecule has 2 aromatic carbocycles. The van der Waals surface area contributed by atoms with Gasteiger partial charge in [0, 0.05) is 6.07 Å². The lowest BCUT2D eigenvalue weighted by atomic mass is 10.2. The number of hydrogen-bond donors (Lipinski definition) is 1. The van der Waals surface area contributed by atoms with Crippen LogP contribution in [0.3, 0.4) is 0 Å². The predicted molar refractivity (Wildman–Crippen MR) is 63.8 cm³/mol. The average Bonchev–Trinajstić information content (AvgIpc) is 2.36. The Morgan fingerprint density at radius 3 is 2.50 bits per heavy atom. The number of hydrogen-bond acceptors (Lipinski definition) is 2. The molecule has 0 spiro atoms. The molecule has 0 aliphatic carbocycles. The van der Waals surface area contributed by atoms with Crippen LogP contribution >= 0.6 is 11.6 Å². The van der Waals surface area contributed by atoms with Crippen molar-refractivity contribution >= 4 is 11.6 Å². The zero-order chi connectivity index (χ0) is 13.1. The average molecular weight is 271 g/mol. The standard InChI is InChI=1S/C13H9ClF2O2/c14-10-5-8(7-17)1-4-12(10)18-13-6-9(15)2-3-11(13)16/h1-6,17H,7H2. The van der Waals surface area contributed by atoms with Gasteiger partial charge in [-0.3, -0.25) is 0 Å². The summed E-state index contributed by atoms with van der Waals surface area (Å²) < 4.78 is 31.5. The molecule has 0 aromatic heterocycles. The molecule has 0 heterocycles. The van der Waals surface area contributed by atoms with Crippen LogP contribution in [0.4, 0.5) is 8.78 Å². The first kappa shape index (κ1) is 12.8. The Hall–Kier alpha value is -1.65. The van der Waals surface area contributed by atoms with Gasteiger partial charge in [0.05, 0.1) is 11.6 Å². The normalized spacial score (nSPS) is 10.4. The van der Waals surface area contributed by atoms with Gasteiger partial charge in [-0.15, -0.1) is 0 Å². The molecule has 0 unspecified atom stereocenters. The first-order valence-corrected chi connectivity index (χ1v) is 5.50. The van der Waals surface area contributed by atoms with Gasteiger partial charge >= 0.3 is 0 Å². The van der Waals surface area contributed by atoms with Crippen molar-refractivity contribution in [3.8, 4) is 11.5 Å². The molecule has 2 aromatic rings. The fraction of sp³-hybridized carbons (Fsp3) is 0.0769. The van der Waals surface area contributed by atoms with E-state index in [-0.39, 0.29) is 23.1 Å². The highest BCUT2D eigenvalue weighted by Crippen LogP contribution is 2.31. The summed E-state index contributed by atoms with van der Waals surface area (Å²) in [7, 11) is 0. The van der Waals surface area contributed by atoms with Crippen molar-refractivity contribution in [1.82, 2.24) is 0 Å². The van der Waals surface area contributed by atoms with Crippen LogP contribution in [-0.4, -0.2) is 5.11 Å². The molecular formula is C13H9ClF2O2. The first-order valence-electron chi connectivity index (χ1n) is 5.12. The van der Waals surface area contributed by atoms with Crippen molar-refractivity contribution in [1.29, 1.82) is 0 Å². The van der Waals surface area contributed by atoms with Crippen molar-refractivity contribution in [3.05, 3.63) is 58.6 Å². The lowest BCUT2D eigenvalue weighted by Crippen LogP contribution is -1.91. The maximum atomic E-state index is 13.4. The first-order chi connectivity index (χ1) is 8.60. The Kier molecular flexibility index (Phi) is 3.79. The molecule has 0 atom stereocenters. The highest BCUT2D eigenvalue weighted by molar-refractivity contribution is 6.32. The van der Waals surface area contributed by atoms with Gasteiger partial charge in [0.15, 0.2) is 11.6 Å². The third-order valence-electron chi connectivity index (χ3n) is 2.29. The minimum absolute atomic E-state index is 0.158. The molecule has 0 radical (unpaired) electrons. The molecule has 18 heavy (non-hydrogen) atoms. The number of aliphatic hydroxyl groups is 1. The molecule has 0 saturated carbocycles. The van der Waals surface area contributed by atoms with Crippen LogP contribution in [0, 0.1) is 11.6 Å². The smallest absolute Gasteiger partial charge is 0.166 e. The van der Waals surface area contributed by atoms with Gasteiger partial charge in [0.2, 0.25) is 0 Å². The molecule has 0 bridgehead atoms. The van der Waals surface area contributed by atoms with Gasteiger partial charge in [-0.25, -0.2) is 8.78 Å². The van der Waals surface area contributed by atoms with Crippen LogP contribution in [-0.2, 0) is 6.61 Å². The number of benzene rings is 2. The summed E-state index contributed by atoms with van der Waals surface area (Å²) in [6, 6.07) is 7.47. The highest BCUT2D eigenvalue weighted by Gasteiger charge is 2.09. The van der Waals surface area contributed by atoms with Crippen LogP contribution in [0.5, 0.6) is 11.5 Å². The van der Waals surface area contributed by atoms with Crippen molar-refractivity contribution in [3.63, 3.8) is 0 Å². The third-order valence-corrected chi connectivity index (χ3v) is 2.59. The molecule has 2 rings (SSSR count). The minimum Gasteiger partial charge on any atom is -0.453 e. The number of aliphatic hydroxyl groups excluding tert-OH is 1. The molecule has 0 aliphatic rings. The van der Waals surface area contributed by atoms with Crippen molar-refractivity contribution in [2.75, 3.05) is 0 Å². The largest absolute Gasteiger partial charge is 0.453 e. The SMILES string of the molecule is OCc1ccc(Oc2cc(F)ccc2F)c(Cl)c1. The minimum atomic E-state index is -0.682. The van der Waals surface area contributed by atoms with Gasteiger partial charge in [-0.1, -0.05) is 17.7 Å². The van der Waals surface area contributed by atoms with E-state index in [4.69, 9.17) is 21.4 Å². The lowest BCUT2D eigenvalue weighted by Gasteiger charge is -2.09. The maximum absolute atomic E-state index is 13.4. The molecule has 0 fully saturated rings. The van der Waals surface area contributed by atoms with Crippen molar-refractivity contribution < 1.29 is 18.6 Å². The summed E-state index contributed by atoms with van der Waals surface area (Å²) in [4.78, 5) is 0. The van der Waals surface area contributed by atoms with Crippen LogP contribution in [0.25, 0.3) is 0 Å². The van der Waals surface area contributed by atoms with Crippen molar-refractivity contribution in [2.45, 2.75) is 6.61 Å². The molecule has 0 saturated heterocycles. The van der Waals surface area contributed by atoms with Crippen LogP contribution in [0.15, 0.2) is 36.4 Å². The highest BCUT2D eigenvalue weighted by atomic mass is 35.5. The fourth-order valence-corrected chi connectivity index (χ4v) is 1.64. The van der Waals surface area contributed by atoms with E-state index in [9.17, 15) is 8.78 Å². The molecular weight excluding hydrogens is 262 g/mol. The van der Waals surface area contributed by atoms with E-state index < -0.39 is 11.6 Å². The van der Waals surface area contributed by atoms with Crippen LogP contribution in [0.1, 0.15) is 5.56 Å². The van der Waals surface area contributed by atoms with Crippen molar-refractivity contribution in [2.24, 2.45) is 0 Å². The second-order valence-electron chi connectivity index (χ2n) is 3.60. The number of ether oxygens (including phenoxy) is 1. The Labute approximate surface area is 107 Å². The second kappa shape index (κ2) is 5.33. The Balaban J connectivity index is 2.31. The molecule has 1 N–H and O–H groups in total. The van der Waals surface area contributed by atoms with Gasteiger partial charge in [-0.05, 0) is 29.8 Å². The summed E-state index contributed by atoms with van der Waals surface area (Å²) >= 11 is 5.90. The fourth-order valence-electron chi connectivity index (χ4n) is 1.40. The third kappa shape index (κ3) is 2.78. The number of halogens is 3. The Morgan fingerprint density at radius 2 is 1.83 bits per heavy atom. The van der Waals surface area contributed by atoms with Crippen LogP contribution in [0.2, 0.25) is 5.02 Å². The molecule has 0 amide bonds. The van der Waals surface area contributed by atoms with E-state index in [0.717, 1.165) is 18.2 Å². The maximum Gasteiger partial charge on any atom is 0.166 e. The van der Waals surface area contributed by atoms with E-state index in [1.54, 1.807) is 6.07 Å². The monoisotopic (exact) mass is 270 g/mol. The lowest BCUT2D eigenvalue weighted by molar-refractivity contribution is 0.281. The van der Waals surface area contributed by atoms with Gasteiger partial charge in [0.1, 0.15) is 11.6 Å². The number of rotatable bonds is 3. The summed E-state index contributed by atoms with van der Waals surface area (Å²) in [5.74, 6) is -1.33. The zero-order valence-corrected chi connectivity index (χ0v) is 9.92. The second-order valence-corrected chi connectivity index (χ2v) is 4.01. The molecule has 5 heteroatoms. The summed E-state index contributed by atoms with van der Waals surface area (Å²) in [6.45, 7) is -0.158. The van der Waals surface area contributed by atoms with E-state index in [0.29, 0.717) is 5.56 Å². The van der Waals surface area contributed by atoms with E-state index in [1.165, 1.54) is 12.1 Å². The molecule has 2 nitrogen and oxygen atoms in total. The van der Waals surface area contributed by atoms with E-state index in [2.05, 4.69) is 0 Å². The molecule has 0 aliphatic heterocycles. The summed E-state index contributed by atoms with van der Waals surface area (Å²) in [6.07, 6.45) is 0. The summed E-state index contributed by atoms with van der Waals surface area (Å²) in [5.41, 5.74) is 0.604. The topological polar surface area (TPSA) is 29.5 Å².